The number of rotatable bonds is 0. The van der Waals surface area contributed by atoms with Crippen molar-refractivity contribution in [2.24, 2.45) is 0 Å². The molecule has 0 amide bonds. The van der Waals surface area contributed by atoms with E-state index < -0.39 is 0 Å². The van der Waals surface area contributed by atoms with Crippen LogP contribution >= 0.6 is 0 Å². The van der Waals surface area contributed by atoms with Crippen LogP contribution in [0.5, 0.6) is 0 Å². The van der Waals surface area contributed by atoms with Crippen molar-refractivity contribution in [3.05, 3.63) is 0 Å². The van der Waals surface area contributed by atoms with Crippen molar-refractivity contribution in [1.29, 1.82) is 0 Å². The molecule has 3 heteroatoms. The fourth-order valence-corrected chi connectivity index (χ4v) is 1.50. The molecule has 0 aromatic heterocycles. The zero-order valence-corrected chi connectivity index (χ0v) is 5.12. The van der Waals surface area contributed by atoms with Gasteiger partial charge >= 0.3 is 0 Å². The van der Waals surface area contributed by atoms with Crippen LogP contribution in [0, 0.1) is 0 Å². The summed E-state index contributed by atoms with van der Waals surface area (Å²) in [6.45, 7) is 0.419. The summed E-state index contributed by atoms with van der Waals surface area (Å²) in [6.07, 6.45) is 1.68. The van der Waals surface area contributed by atoms with Crippen LogP contribution in [0.25, 0.3) is 0 Å². The Morgan fingerprint density at radius 3 is 2.22 bits per heavy atom. The zero-order valence-electron chi connectivity index (χ0n) is 5.12. The van der Waals surface area contributed by atoms with Crippen molar-refractivity contribution in [1.82, 2.24) is 0 Å². The second kappa shape index (κ2) is 1.94. The van der Waals surface area contributed by atoms with E-state index in [2.05, 4.69) is 0 Å². The third-order valence-corrected chi connectivity index (χ3v) is 1.99. The van der Waals surface area contributed by atoms with Gasteiger partial charge in [0.15, 0.2) is 0 Å². The number of aliphatic hydroxyl groups is 1. The smallest absolute Gasteiger partial charge is 0.147 e. The molecule has 1 N–H and O–H groups in total. The lowest BCUT2D eigenvalue weighted by Gasteiger charge is -2.01. The molecule has 2 unspecified atom stereocenters. The van der Waals surface area contributed by atoms with Gasteiger partial charge in [-0.1, -0.05) is 0 Å². The molecule has 0 bridgehead atoms. The first-order valence-electron chi connectivity index (χ1n) is 3.27. The van der Waals surface area contributed by atoms with Gasteiger partial charge in [-0.25, -0.2) is 0 Å². The van der Waals surface area contributed by atoms with Crippen LogP contribution in [-0.2, 0) is 9.47 Å². The maximum Gasteiger partial charge on any atom is 0.147 e. The van der Waals surface area contributed by atoms with E-state index in [9.17, 15) is 0 Å². The van der Waals surface area contributed by atoms with Crippen LogP contribution in [0.1, 0.15) is 12.8 Å². The molecule has 1 aliphatic carbocycles. The Balaban J connectivity index is 2.02. The molecule has 9 heavy (non-hydrogen) atoms. The van der Waals surface area contributed by atoms with Crippen molar-refractivity contribution in [2.45, 2.75) is 31.2 Å². The van der Waals surface area contributed by atoms with E-state index in [1.807, 2.05) is 0 Å². The average molecular weight is 130 g/mol. The minimum absolute atomic E-state index is 0.181. The molecule has 3 nitrogen and oxygen atoms in total. The maximum absolute atomic E-state index is 9.07. The fraction of sp³-hybridized carbons (Fsp3) is 1.00. The average Bonchev–Trinajstić information content (AvgIpc) is 2.22. The van der Waals surface area contributed by atoms with Gasteiger partial charge < -0.3 is 14.6 Å². The van der Waals surface area contributed by atoms with Crippen molar-refractivity contribution in [3.8, 4) is 0 Å². The third-order valence-electron chi connectivity index (χ3n) is 1.99. The van der Waals surface area contributed by atoms with Gasteiger partial charge in [0.2, 0.25) is 0 Å². The summed E-state index contributed by atoms with van der Waals surface area (Å²) in [6, 6.07) is 0. The van der Waals surface area contributed by atoms with Gasteiger partial charge in [0.1, 0.15) is 6.79 Å². The summed E-state index contributed by atoms with van der Waals surface area (Å²) < 4.78 is 10.3. The van der Waals surface area contributed by atoms with E-state index in [-0.39, 0.29) is 18.3 Å². The quantitative estimate of drug-likeness (QED) is 0.497. The van der Waals surface area contributed by atoms with Crippen molar-refractivity contribution < 1.29 is 14.6 Å². The standard InChI is InChI=1S/C6H10O3/c7-4-1-5-6(2-4)9-3-8-5/h4-7H,1-3H2. The summed E-state index contributed by atoms with van der Waals surface area (Å²) in [5.74, 6) is 0. The Bertz CT molecular complexity index is 103. The highest BCUT2D eigenvalue weighted by Gasteiger charge is 2.38. The lowest BCUT2D eigenvalue weighted by Crippen LogP contribution is -2.13. The summed E-state index contributed by atoms with van der Waals surface area (Å²) in [5.41, 5.74) is 0. The molecule has 0 aromatic rings. The first-order valence-corrected chi connectivity index (χ1v) is 3.27. The van der Waals surface area contributed by atoms with Crippen LogP contribution < -0.4 is 0 Å². The zero-order chi connectivity index (χ0) is 6.27. The topological polar surface area (TPSA) is 38.7 Å². The Kier molecular flexibility index (Phi) is 1.22. The Hall–Kier alpha value is -0.120. The van der Waals surface area contributed by atoms with Gasteiger partial charge in [-0.2, -0.15) is 0 Å². The van der Waals surface area contributed by atoms with Gasteiger partial charge in [-0.05, 0) is 0 Å². The monoisotopic (exact) mass is 130 g/mol. The minimum atomic E-state index is -0.194. The number of fused-ring (bicyclic) bond motifs is 1. The van der Waals surface area contributed by atoms with E-state index in [0.717, 1.165) is 12.8 Å². The molecule has 52 valence electrons. The molecule has 0 aromatic carbocycles. The molecule has 0 spiro atoms. The second-order valence-corrected chi connectivity index (χ2v) is 2.65. The van der Waals surface area contributed by atoms with Crippen molar-refractivity contribution >= 4 is 0 Å². The Morgan fingerprint density at radius 2 is 1.67 bits per heavy atom. The highest BCUT2D eigenvalue weighted by Crippen LogP contribution is 2.29. The minimum Gasteiger partial charge on any atom is -0.393 e. The van der Waals surface area contributed by atoms with Crippen LogP contribution in [-0.4, -0.2) is 30.2 Å². The number of hydrogen-bond donors (Lipinski definition) is 1. The predicted octanol–water partition coefficient (Wildman–Crippen LogP) is -0.117. The van der Waals surface area contributed by atoms with Gasteiger partial charge in [0.25, 0.3) is 0 Å². The van der Waals surface area contributed by atoms with Crippen LogP contribution in [0.2, 0.25) is 0 Å². The summed E-state index contributed by atoms with van der Waals surface area (Å²) in [4.78, 5) is 0. The van der Waals surface area contributed by atoms with E-state index >= 15 is 0 Å². The first-order chi connectivity index (χ1) is 4.36. The van der Waals surface area contributed by atoms with E-state index in [0.29, 0.717) is 6.79 Å². The van der Waals surface area contributed by atoms with Crippen molar-refractivity contribution in [3.63, 3.8) is 0 Å². The molecule has 1 aliphatic heterocycles. The maximum atomic E-state index is 9.07. The largest absolute Gasteiger partial charge is 0.393 e. The normalized spacial score (nSPS) is 49.7. The molecule has 2 atom stereocenters. The molecule has 0 radical (unpaired) electrons. The molecular weight excluding hydrogens is 120 g/mol. The predicted molar refractivity (Wildman–Crippen MR) is 29.9 cm³/mol. The molecule has 2 rings (SSSR count). The van der Waals surface area contributed by atoms with Crippen LogP contribution in [0.15, 0.2) is 0 Å². The molecule has 1 heterocycles. The van der Waals surface area contributed by atoms with Gasteiger partial charge in [-0.3, -0.25) is 0 Å². The fourth-order valence-electron chi connectivity index (χ4n) is 1.50. The summed E-state index contributed by atoms with van der Waals surface area (Å²) in [5, 5.41) is 9.07. The highest BCUT2D eigenvalue weighted by atomic mass is 16.7. The number of aliphatic hydroxyl groups excluding tert-OH is 1. The van der Waals surface area contributed by atoms with E-state index in [1.54, 1.807) is 0 Å². The molecule has 2 fully saturated rings. The number of ether oxygens (including phenoxy) is 2. The van der Waals surface area contributed by atoms with Crippen LogP contribution in [0.4, 0.5) is 0 Å². The highest BCUT2D eigenvalue weighted by molar-refractivity contribution is 4.86. The third kappa shape index (κ3) is 0.852. The SMILES string of the molecule is OC1CC2OCOC2C1. The van der Waals surface area contributed by atoms with Crippen LogP contribution in [0.3, 0.4) is 0 Å². The molecule has 1 saturated carbocycles. The van der Waals surface area contributed by atoms with Crippen molar-refractivity contribution in [2.75, 3.05) is 6.79 Å². The summed E-state index contributed by atoms with van der Waals surface area (Å²) >= 11 is 0. The van der Waals surface area contributed by atoms with E-state index in [4.69, 9.17) is 14.6 Å². The Labute approximate surface area is 53.6 Å². The number of hydrogen-bond acceptors (Lipinski definition) is 3. The Morgan fingerprint density at radius 1 is 1.11 bits per heavy atom. The lowest BCUT2D eigenvalue weighted by molar-refractivity contribution is 0.00835. The summed E-state index contributed by atoms with van der Waals surface area (Å²) in [7, 11) is 0. The first kappa shape index (κ1) is 5.65. The molecule has 2 aliphatic rings. The van der Waals surface area contributed by atoms with E-state index in [1.165, 1.54) is 0 Å². The molecular formula is C6H10O3. The van der Waals surface area contributed by atoms with Gasteiger partial charge in [0.05, 0.1) is 18.3 Å². The molecule has 1 saturated heterocycles. The lowest BCUT2D eigenvalue weighted by atomic mass is 10.3. The van der Waals surface area contributed by atoms with Gasteiger partial charge in [0, 0.05) is 12.8 Å². The van der Waals surface area contributed by atoms with Gasteiger partial charge in [-0.15, -0.1) is 0 Å². The second-order valence-electron chi connectivity index (χ2n) is 2.65.